The fourth-order valence-corrected chi connectivity index (χ4v) is 4.81. The smallest absolute Gasteiger partial charge is 0.323 e. The van der Waals surface area contributed by atoms with Crippen LogP contribution in [0.5, 0.6) is 0 Å². The molecular formula is C25H30Cl2N4O2. The molecule has 2 fully saturated rings. The van der Waals surface area contributed by atoms with Crippen LogP contribution in [-0.2, 0) is 0 Å². The molecule has 2 saturated heterocycles. The summed E-state index contributed by atoms with van der Waals surface area (Å²) in [6.45, 7) is 5.65. The Hall–Kier alpha value is -2.44. The number of nitrogens with zero attached hydrogens (tertiary/aromatic N) is 2. The molecule has 6 nitrogen and oxygen atoms in total. The molecule has 0 spiro atoms. The molecule has 0 radical (unpaired) electrons. The van der Waals surface area contributed by atoms with Crippen molar-refractivity contribution < 1.29 is 9.59 Å². The van der Waals surface area contributed by atoms with Gasteiger partial charge in [-0.05, 0) is 68.4 Å². The van der Waals surface area contributed by atoms with Crippen molar-refractivity contribution in [1.29, 1.82) is 0 Å². The van der Waals surface area contributed by atoms with E-state index in [-0.39, 0.29) is 10.9 Å². The first-order chi connectivity index (χ1) is 15.9. The predicted octanol–water partition coefficient (Wildman–Crippen LogP) is 6.50. The molecule has 0 aliphatic carbocycles. The second-order valence-corrected chi connectivity index (χ2v) is 9.72. The Morgan fingerprint density at radius 1 is 0.939 bits per heavy atom. The van der Waals surface area contributed by atoms with Gasteiger partial charge in [0.25, 0.3) is 5.91 Å². The van der Waals surface area contributed by atoms with Crippen LogP contribution in [0.3, 0.4) is 0 Å². The highest BCUT2D eigenvalue weighted by Gasteiger charge is 2.26. The van der Waals surface area contributed by atoms with Gasteiger partial charge in [-0.1, -0.05) is 36.2 Å². The normalized spacial score (nSPS) is 17.1. The average molecular weight is 489 g/mol. The minimum absolute atomic E-state index is 0.0319. The number of carbonyl (C=O) groups is 2. The van der Waals surface area contributed by atoms with E-state index in [9.17, 15) is 9.59 Å². The second-order valence-electron chi connectivity index (χ2n) is 8.93. The average Bonchev–Trinajstić information content (AvgIpc) is 2.82. The Morgan fingerprint density at radius 2 is 1.67 bits per heavy atom. The van der Waals surface area contributed by atoms with Gasteiger partial charge in [-0.15, -0.1) is 0 Å². The summed E-state index contributed by atoms with van der Waals surface area (Å²) in [5.74, 6) is 0.676. The fourth-order valence-electron chi connectivity index (χ4n) is 4.46. The number of piperidine rings is 2. The molecule has 0 saturated carbocycles. The quantitative estimate of drug-likeness (QED) is 0.515. The number of anilines is 3. The highest BCUT2D eigenvalue weighted by atomic mass is 35.5. The van der Waals surface area contributed by atoms with Gasteiger partial charge in [-0.25, -0.2) is 4.79 Å². The van der Waals surface area contributed by atoms with Gasteiger partial charge in [0.2, 0.25) is 0 Å². The first kappa shape index (κ1) is 23.7. The van der Waals surface area contributed by atoms with Crippen LogP contribution in [0.1, 0.15) is 49.4 Å². The fraction of sp³-hybridized carbons (Fsp3) is 0.440. The number of hydrogen-bond donors (Lipinski definition) is 2. The first-order valence-electron chi connectivity index (χ1n) is 11.6. The molecule has 3 amide bonds. The maximum atomic E-state index is 13.5. The molecule has 0 aromatic heterocycles. The first-order valence-corrected chi connectivity index (χ1v) is 12.4. The third-order valence-corrected chi connectivity index (χ3v) is 7.27. The van der Waals surface area contributed by atoms with Crippen LogP contribution >= 0.6 is 23.2 Å². The van der Waals surface area contributed by atoms with Gasteiger partial charge in [0, 0.05) is 37.6 Å². The molecule has 2 aliphatic heterocycles. The molecule has 8 heteroatoms. The molecule has 4 rings (SSSR count). The number of rotatable bonds is 4. The van der Waals surface area contributed by atoms with E-state index in [1.807, 2.05) is 17.0 Å². The minimum atomic E-state index is -0.449. The van der Waals surface area contributed by atoms with Crippen LogP contribution in [0.4, 0.5) is 21.9 Å². The van der Waals surface area contributed by atoms with Crippen molar-refractivity contribution in [2.45, 2.75) is 39.0 Å². The van der Waals surface area contributed by atoms with Crippen LogP contribution in [0.25, 0.3) is 0 Å². The Bertz CT molecular complexity index is 1020. The van der Waals surface area contributed by atoms with E-state index in [2.05, 4.69) is 22.5 Å². The molecule has 0 unspecified atom stereocenters. The molecule has 0 bridgehead atoms. The van der Waals surface area contributed by atoms with E-state index in [0.717, 1.165) is 57.5 Å². The van der Waals surface area contributed by atoms with Crippen LogP contribution in [0.15, 0.2) is 36.4 Å². The predicted molar refractivity (Wildman–Crippen MR) is 136 cm³/mol. The monoisotopic (exact) mass is 488 g/mol. The minimum Gasteiger partial charge on any atom is -0.371 e. The summed E-state index contributed by atoms with van der Waals surface area (Å²) in [4.78, 5) is 30.4. The summed E-state index contributed by atoms with van der Waals surface area (Å²) in [6, 6.07) is 10.2. The Balaban J connectivity index is 1.56. The summed E-state index contributed by atoms with van der Waals surface area (Å²) in [6.07, 6.45) is 5.50. The topological polar surface area (TPSA) is 64.7 Å². The van der Waals surface area contributed by atoms with E-state index >= 15 is 0 Å². The molecule has 2 aromatic carbocycles. The largest absolute Gasteiger partial charge is 0.371 e. The number of hydrogen-bond acceptors (Lipinski definition) is 3. The lowest BCUT2D eigenvalue weighted by atomic mass is 9.98. The van der Waals surface area contributed by atoms with Crippen LogP contribution in [0, 0.1) is 5.92 Å². The SMILES string of the molecule is CC1CCN(C(=O)c2cc(NC(=O)Nc3cccc(Cl)c3Cl)ccc2N2CCCCC2)CC1. The van der Waals surface area contributed by atoms with Gasteiger partial charge in [-0.3, -0.25) is 4.79 Å². The standard InChI is InChI=1S/C25H30Cl2N4O2/c1-17-10-14-31(15-11-17)24(32)19-16-18(8-9-22(19)30-12-3-2-4-13-30)28-25(33)29-21-7-5-6-20(26)23(21)27/h5-9,16-17H,2-4,10-15H2,1H3,(H2,28,29,33). The van der Waals surface area contributed by atoms with Crippen molar-refractivity contribution >= 4 is 52.2 Å². The van der Waals surface area contributed by atoms with Gasteiger partial charge in [0.1, 0.15) is 0 Å². The number of nitrogens with one attached hydrogen (secondary N) is 2. The van der Waals surface area contributed by atoms with Gasteiger partial charge in [0.05, 0.1) is 21.3 Å². The highest BCUT2D eigenvalue weighted by Crippen LogP contribution is 2.31. The molecule has 176 valence electrons. The van der Waals surface area contributed by atoms with Crippen molar-refractivity contribution in [1.82, 2.24) is 4.90 Å². The van der Waals surface area contributed by atoms with Crippen molar-refractivity contribution in [3.63, 3.8) is 0 Å². The van der Waals surface area contributed by atoms with Crippen LogP contribution in [0.2, 0.25) is 10.0 Å². The lowest BCUT2D eigenvalue weighted by Gasteiger charge is -2.34. The van der Waals surface area contributed by atoms with E-state index < -0.39 is 6.03 Å². The van der Waals surface area contributed by atoms with E-state index in [1.165, 1.54) is 6.42 Å². The third-order valence-electron chi connectivity index (χ3n) is 6.45. The van der Waals surface area contributed by atoms with Gasteiger partial charge in [0.15, 0.2) is 0 Å². The number of benzene rings is 2. The Labute approximate surface area is 205 Å². The van der Waals surface area contributed by atoms with Crippen molar-refractivity contribution in [3.05, 3.63) is 52.0 Å². The van der Waals surface area contributed by atoms with Crippen molar-refractivity contribution in [3.8, 4) is 0 Å². The highest BCUT2D eigenvalue weighted by molar-refractivity contribution is 6.44. The summed E-state index contributed by atoms with van der Waals surface area (Å²) in [7, 11) is 0. The molecule has 2 heterocycles. The molecule has 33 heavy (non-hydrogen) atoms. The van der Waals surface area contributed by atoms with E-state index in [4.69, 9.17) is 23.2 Å². The number of carbonyl (C=O) groups excluding carboxylic acids is 2. The maximum Gasteiger partial charge on any atom is 0.323 e. The zero-order valence-corrected chi connectivity index (χ0v) is 20.4. The van der Waals surface area contributed by atoms with Gasteiger partial charge in [-0.2, -0.15) is 0 Å². The van der Waals surface area contributed by atoms with Crippen molar-refractivity contribution in [2.24, 2.45) is 5.92 Å². The van der Waals surface area contributed by atoms with Crippen LogP contribution in [-0.4, -0.2) is 43.0 Å². The van der Waals surface area contributed by atoms with Crippen molar-refractivity contribution in [2.75, 3.05) is 41.7 Å². The second kappa shape index (κ2) is 10.7. The van der Waals surface area contributed by atoms with Gasteiger partial charge < -0.3 is 20.4 Å². The zero-order valence-electron chi connectivity index (χ0n) is 18.9. The molecule has 2 aromatic rings. The summed E-state index contributed by atoms with van der Waals surface area (Å²) in [5, 5.41) is 6.20. The number of amides is 3. The van der Waals surface area contributed by atoms with E-state index in [0.29, 0.717) is 27.9 Å². The van der Waals surface area contributed by atoms with Crippen LogP contribution < -0.4 is 15.5 Å². The number of urea groups is 1. The molecule has 0 atom stereocenters. The lowest BCUT2D eigenvalue weighted by Crippen LogP contribution is -2.39. The lowest BCUT2D eigenvalue weighted by molar-refractivity contribution is 0.0698. The number of halogens is 2. The Kier molecular flexibility index (Phi) is 7.66. The maximum absolute atomic E-state index is 13.5. The Morgan fingerprint density at radius 3 is 2.39 bits per heavy atom. The zero-order chi connectivity index (χ0) is 23.4. The summed E-state index contributed by atoms with van der Waals surface area (Å²) in [5.41, 5.74) is 2.57. The molecular weight excluding hydrogens is 459 g/mol. The van der Waals surface area contributed by atoms with Gasteiger partial charge >= 0.3 is 6.03 Å². The molecule has 2 aliphatic rings. The third kappa shape index (κ3) is 5.74. The number of likely N-dealkylation sites (tertiary alicyclic amines) is 1. The summed E-state index contributed by atoms with van der Waals surface area (Å²) < 4.78 is 0. The summed E-state index contributed by atoms with van der Waals surface area (Å²) >= 11 is 12.2. The van der Waals surface area contributed by atoms with E-state index in [1.54, 1.807) is 24.3 Å². The molecule has 2 N–H and O–H groups in total.